The largest absolute Gasteiger partial charge is 0.337 e. The zero-order valence-electron chi connectivity index (χ0n) is 18.6. The Morgan fingerprint density at radius 1 is 1.00 bits per heavy atom. The van der Waals surface area contributed by atoms with Gasteiger partial charge in [-0.05, 0) is 35.4 Å². The summed E-state index contributed by atoms with van der Waals surface area (Å²) in [6.07, 6.45) is 3.64. The van der Waals surface area contributed by atoms with E-state index in [9.17, 15) is 4.79 Å². The molecule has 0 unspecified atom stereocenters. The first-order valence-electron chi connectivity index (χ1n) is 10.7. The van der Waals surface area contributed by atoms with Crippen LogP contribution in [-0.4, -0.2) is 19.1 Å². The van der Waals surface area contributed by atoms with E-state index in [0.717, 1.165) is 33.3 Å². The lowest BCUT2D eigenvalue weighted by molar-refractivity contribution is 0.793. The molecule has 0 spiro atoms. The van der Waals surface area contributed by atoms with Gasteiger partial charge in [-0.25, -0.2) is 14.8 Å². The molecule has 1 atom stereocenters. The lowest BCUT2D eigenvalue weighted by Crippen LogP contribution is -2.17. The summed E-state index contributed by atoms with van der Waals surface area (Å²) < 4.78 is 3.63. The fourth-order valence-corrected chi connectivity index (χ4v) is 4.51. The molecule has 0 radical (unpaired) electrons. The number of fused-ring (bicyclic) bond motifs is 1. The van der Waals surface area contributed by atoms with Gasteiger partial charge in [-0.3, -0.25) is 4.79 Å². The Kier molecular flexibility index (Phi) is 5.48. The number of nitrogens with zero attached hydrogens (tertiary/aromatic N) is 5. The second kappa shape index (κ2) is 8.62. The van der Waals surface area contributed by atoms with Gasteiger partial charge in [0.15, 0.2) is 5.69 Å². The van der Waals surface area contributed by atoms with Crippen LogP contribution in [0.25, 0.3) is 27.0 Å². The number of imidazole rings is 1. The maximum absolute atomic E-state index is 12.7. The molecule has 0 aliphatic rings. The molecule has 3 aromatic heterocycles. The summed E-state index contributed by atoms with van der Waals surface area (Å²) in [4.78, 5) is 25.0. The third-order valence-corrected chi connectivity index (χ3v) is 6.31. The summed E-state index contributed by atoms with van der Waals surface area (Å²) in [5.74, 6) is -0.117. The Bertz CT molecular complexity index is 1630. The van der Waals surface area contributed by atoms with Crippen LogP contribution in [-0.2, 0) is 14.1 Å². The zero-order valence-corrected chi connectivity index (χ0v) is 19.4. The van der Waals surface area contributed by atoms with Crippen molar-refractivity contribution >= 4 is 28.2 Å². The van der Waals surface area contributed by atoms with Crippen molar-refractivity contribution in [3.8, 4) is 11.3 Å². The van der Waals surface area contributed by atoms with Crippen LogP contribution in [0.15, 0.2) is 84.0 Å². The SMILES string of the molecule is [C-]#[N+]c1ccc([C@@H](c2ccc3c(c2)c(-c2cccc(Cl)n2)cc(=O)n3C)c2cncn2C)cc1. The standard InChI is InChI=1S/C27H20ClN5O/c1-29-19-10-7-17(8-11-19)27(24-15-30-16-32(24)2)18-9-12-23-21(13-18)20(14-26(34)33(23)3)22-5-4-6-25(28)31-22/h4-16,27H,2-3H3/t27-/m0/s1. The van der Waals surface area contributed by atoms with Crippen LogP contribution in [0.2, 0.25) is 5.15 Å². The molecule has 166 valence electrons. The van der Waals surface area contributed by atoms with Crippen molar-refractivity contribution in [1.82, 2.24) is 19.1 Å². The molecular weight excluding hydrogens is 446 g/mol. The minimum Gasteiger partial charge on any atom is -0.337 e. The minimum atomic E-state index is -0.117. The average Bonchev–Trinajstić information content (AvgIpc) is 3.27. The number of hydrogen-bond donors (Lipinski definition) is 0. The molecule has 0 fully saturated rings. The van der Waals surface area contributed by atoms with Crippen molar-refractivity contribution in [1.29, 1.82) is 0 Å². The van der Waals surface area contributed by atoms with Crippen molar-refractivity contribution in [3.63, 3.8) is 0 Å². The maximum Gasteiger partial charge on any atom is 0.251 e. The van der Waals surface area contributed by atoms with Crippen molar-refractivity contribution in [3.05, 3.63) is 123 Å². The molecule has 0 saturated heterocycles. The molecule has 0 aliphatic carbocycles. The molecule has 6 nitrogen and oxygen atoms in total. The molecule has 3 heterocycles. The number of benzene rings is 2. The van der Waals surface area contributed by atoms with Gasteiger partial charge in [-0.15, -0.1) is 0 Å². The number of aryl methyl sites for hydroxylation is 2. The Morgan fingerprint density at radius 3 is 2.44 bits per heavy atom. The molecule has 0 amide bonds. The van der Waals surface area contributed by atoms with Crippen molar-refractivity contribution in [2.75, 3.05) is 0 Å². The van der Waals surface area contributed by atoms with E-state index in [-0.39, 0.29) is 11.5 Å². The van der Waals surface area contributed by atoms with E-state index in [1.54, 1.807) is 30.1 Å². The summed E-state index contributed by atoms with van der Waals surface area (Å²) in [5, 5.41) is 1.27. The smallest absolute Gasteiger partial charge is 0.251 e. The number of rotatable bonds is 4. The van der Waals surface area contributed by atoms with Gasteiger partial charge in [0.2, 0.25) is 0 Å². The summed E-state index contributed by atoms with van der Waals surface area (Å²) in [7, 11) is 3.73. The molecule has 0 bridgehead atoms. The fraction of sp³-hybridized carbons (Fsp3) is 0.111. The highest BCUT2D eigenvalue weighted by Crippen LogP contribution is 2.36. The predicted molar refractivity (Wildman–Crippen MR) is 134 cm³/mol. The van der Waals surface area contributed by atoms with Gasteiger partial charge in [-0.2, -0.15) is 0 Å². The fourth-order valence-electron chi connectivity index (χ4n) is 4.35. The summed E-state index contributed by atoms with van der Waals surface area (Å²) in [6, 6.07) is 20.7. The van der Waals surface area contributed by atoms with Crippen LogP contribution in [0.3, 0.4) is 0 Å². The Balaban J connectivity index is 1.78. The highest BCUT2D eigenvalue weighted by atomic mass is 35.5. The van der Waals surface area contributed by atoms with Crippen LogP contribution in [0.4, 0.5) is 5.69 Å². The van der Waals surface area contributed by atoms with Crippen LogP contribution in [0, 0.1) is 6.57 Å². The first kappa shape index (κ1) is 21.6. The molecule has 2 aromatic carbocycles. The zero-order chi connectivity index (χ0) is 23.8. The molecular formula is C27H20ClN5O. The minimum absolute atomic E-state index is 0.116. The third-order valence-electron chi connectivity index (χ3n) is 6.10. The molecule has 5 rings (SSSR count). The topological polar surface area (TPSA) is 57.1 Å². The van der Waals surface area contributed by atoms with Crippen molar-refractivity contribution in [2.24, 2.45) is 14.1 Å². The van der Waals surface area contributed by atoms with Crippen LogP contribution < -0.4 is 5.56 Å². The number of hydrogen-bond acceptors (Lipinski definition) is 3. The lowest BCUT2D eigenvalue weighted by atomic mass is 9.87. The molecule has 5 aromatic rings. The van der Waals surface area contributed by atoms with E-state index in [4.69, 9.17) is 18.2 Å². The lowest BCUT2D eigenvalue weighted by Gasteiger charge is -2.20. The van der Waals surface area contributed by atoms with E-state index >= 15 is 0 Å². The monoisotopic (exact) mass is 465 g/mol. The van der Waals surface area contributed by atoms with Gasteiger partial charge in [0.05, 0.1) is 30.0 Å². The Labute approximate surface area is 201 Å². The first-order chi connectivity index (χ1) is 16.5. The van der Waals surface area contributed by atoms with Gasteiger partial charge < -0.3 is 9.13 Å². The second-order valence-electron chi connectivity index (χ2n) is 8.14. The highest BCUT2D eigenvalue weighted by molar-refractivity contribution is 6.29. The van der Waals surface area contributed by atoms with Gasteiger partial charge in [0, 0.05) is 43.0 Å². The maximum atomic E-state index is 12.7. The van der Waals surface area contributed by atoms with Gasteiger partial charge in [-0.1, -0.05) is 48.0 Å². The number of halogens is 1. The number of pyridine rings is 2. The van der Waals surface area contributed by atoms with Crippen molar-refractivity contribution in [2.45, 2.75) is 5.92 Å². The van der Waals surface area contributed by atoms with Crippen LogP contribution in [0.5, 0.6) is 0 Å². The van der Waals surface area contributed by atoms with Crippen molar-refractivity contribution < 1.29 is 0 Å². The first-order valence-corrected chi connectivity index (χ1v) is 11.0. The molecule has 7 heteroatoms. The molecule has 34 heavy (non-hydrogen) atoms. The predicted octanol–water partition coefficient (Wildman–Crippen LogP) is 5.72. The second-order valence-corrected chi connectivity index (χ2v) is 8.53. The summed E-state index contributed by atoms with van der Waals surface area (Å²) in [6.45, 7) is 7.27. The van der Waals surface area contributed by atoms with E-state index in [1.807, 2.05) is 66.3 Å². The third kappa shape index (κ3) is 3.76. The molecule has 0 N–H and O–H groups in total. The summed E-state index contributed by atoms with van der Waals surface area (Å²) in [5.41, 5.74) is 5.75. The van der Waals surface area contributed by atoms with E-state index in [0.29, 0.717) is 16.5 Å². The van der Waals surface area contributed by atoms with Gasteiger partial charge in [0.1, 0.15) is 5.15 Å². The van der Waals surface area contributed by atoms with E-state index in [1.165, 1.54) is 0 Å². The van der Waals surface area contributed by atoms with E-state index < -0.39 is 0 Å². The van der Waals surface area contributed by atoms with Crippen LogP contribution in [0.1, 0.15) is 22.7 Å². The van der Waals surface area contributed by atoms with Crippen LogP contribution >= 0.6 is 11.6 Å². The average molecular weight is 466 g/mol. The number of aromatic nitrogens is 4. The van der Waals surface area contributed by atoms with Gasteiger partial charge >= 0.3 is 0 Å². The normalized spacial score (nSPS) is 11.9. The Morgan fingerprint density at radius 2 is 1.76 bits per heavy atom. The summed E-state index contributed by atoms with van der Waals surface area (Å²) >= 11 is 6.16. The van der Waals surface area contributed by atoms with E-state index in [2.05, 4.69) is 20.9 Å². The Hall–Kier alpha value is -4.21. The molecule has 0 saturated carbocycles. The highest BCUT2D eigenvalue weighted by Gasteiger charge is 2.21. The quantitative estimate of drug-likeness (QED) is 0.252. The van der Waals surface area contributed by atoms with Gasteiger partial charge in [0.25, 0.3) is 5.56 Å². The molecule has 0 aliphatic heterocycles.